The van der Waals surface area contributed by atoms with Gasteiger partial charge in [-0.1, -0.05) is 6.07 Å². The average molecular weight is 573 g/mol. The summed E-state index contributed by atoms with van der Waals surface area (Å²) in [5.74, 6) is -6.36. The Kier molecular flexibility index (Phi) is 8.34. The van der Waals surface area contributed by atoms with E-state index in [-0.39, 0.29) is 31.2 Å². The molecule has 2 saturated heterocycles. The van der Waals surface area contributed by atoms with Gasteiger partial charge in [0.2, 0.25) is 5.91 Å². The van der Waals surface area contributed by atoms with Gasteiger partial charge in [-0.05, 0) is 75.9 Å². The Bertz CT molecular complexity index is 1230. The molecular weight excluding hydrogens is 542 g/mol. The van der Waals surface area contributed by atoms with Gasteiger partial charge >= 0.3 is 12.1 Å². The number of piperidine rings is 1. The number of primary amides is 1. The van der Waals surface area contributed by atoms with E-state index in [9.17, 15) is 35.9 Å². The quantitative estimate of drug-likeness (QED) is 0.465. The first-order valence-corrected chi connectivity index (χ1v) is 12.9. The topological polar surface area (TPSA) is 88.8 Å². The Balaban J connectivity index is 1.31. The molecule has 1 unspecified atom stereocenters. The van der Waals surface area contributed by atoms with Crippen LogP contribution in [0.3, 0.4) is 0 Å². The third-order valence-electron chi connectivity index (χ3n) is 7.68. The molecule has 0 saturated carbocycles. The van der Waals surface area contributed by atoms with Gasteiger partial charge < -0.3 is 15.4 Å². The second-order valence-corrected chi connectivity index (χ2v) is 10.5. The molecule has 0 spiro atoms. The lowest BCUT2D eigenvalue weighted by atomic mass is 9.97. The number of ether oxygens (including phenoxy) is 1. The van der Waals surface area contributed by atoms with Crippen molar-refractivity contribution in [3.05, 3.63) is 47.9 Å². The zero-order valence-electron chi connectivity index (χ0n) is 21.8. The number of benzene rings is 1. The first-order chi connectivity index (χ1) is 18.7. The SMILES string of the molecule is CC1(C(N)=O)CCCN1C(=O)c1ccc(-c2ccc(OCC3CCN(CC(F)(F)C(F)(F)F)CC3)cn2)cc1F. The van der Waals surface area contributed by atoms with Gasteiger partial charge in [-0.3, -0.25) is 19.5 Å². The summed E-state index contributed by atoms with van der Waals surface area (Å²) in [5.41, 5.74) is 4.98. The Morgan fingerprint density at radius 2 is 1.80 bits per heavy atom. The maximum Gasteiger partial charge on any atom is 0.454 e. The van der Waals surface area contributed by atoms with Crippen LogP contribution in [0.5, 0.6) is 5.75 Å². The van der Waals surface area contributed by atoms with Crippen LogP contribution in [0.4, 0.5) is 26.3 Å². The van der Waals surface area contributed by atoms with Crippen LogP contribution >= 0.6 is 0 Å². The molecule has 2 aliphatic rings. The zero-order valence-corrected chi connectivity index (χ0v) is 21.8. The summed E-state index contributed by atoms with van der Waals surface area (Å²) >= 11 is 0. The van der Waals surface area contributed by atoms with Crippen LogP contribution < -0.4 is 10.5 Å². The van der Waals surface area contributed by atoms with Crippen molar-refractivity contribution in [1.29, 1.82) is 0 Å². The Morgan fingerprint density at radius 1 is 1.10 bits per heavy atom. The van der Waals surface area contributed by atoms with Crippen LogP contribution in [0.1, 0.15) is 43.0 Å². The number of nitrogens with zero attached hydrogens (tertiary/aromatic N) is 3. The van der Waals surface area contributed by atoms with Gasteiger partial charge in [-0.15, -0.1) is 0 Å². The number of alkyl halides is 5. The van der Waals surface area contributed by atoms with Crippen molar-refractivity contribution in [2.24, 2.45) is 11.7 Å². The third kappa shape index (κ3) is 6.18. The van der Waals surface area contributed by atoms with E-state index >= 15 is 0 Å². The van der Waals surface area contributed by atoms with E-state index in [1.54, 1.807) is 25.1 Å². The first-order valence-electron chi connectivity index (χ1n) is 12.9. The number of hydrogen-bond donors (Lipinski definition) is 1. The highest BCUT2D eigenvalue weighted by atomic mass is 19.4. The minimum Gasteiger partial charge on any atom is -0.492 e. The molecule has 40 heavy (non-hydrogen) atoms. The Morgan fingerprint density at radius 3 is 2.38 bits per heavy atom. The number of amides is 2. The molecule has 13 heteroatoms. The molecule has 4 rings (SSSR count). The van der Waals surface area contributed by atoms with Crippen molar-refractivity contribution in [2.45, 2.75) is 50.2 Å². The fourth-order valence-electron chi connectivity index (χ4n) is 5.07. The normalized spacial score (nSPS) is 21.0. The smallest absolute Gasteiger partial charge is 0.454 e. The molecule has 2 aliphatic heterocycles. The molecule has 2 amide bonds. The molecule has 0 aliphatic carbocycles. The van der Waals surface area contributed by atoms with E-state index < -0.39 is 41.8 Å². The first kappa shape index (κ1) is 29.6. The highest BCUT2D eigenvalue weighted by molar-refractivity contribution is 5.99. The van der Waals surface area contributed by atoms with Crippen LogP contribution in [0.25, 0.3) is 11.3 Å². The molecular formula is C27H30F6N4O3. The summed E-state index contributed by atoms with van der Waals surface area (Å²) in [4.78, 5) is 31.6. The highest BCUT2D eigenvalue weighted by Crippen LogP contribution is 2.37. The number of likely N-dealkylation sites (tertiary alicyclic amines) is 2. The van der Waals surface area contributed by atoms with E-state index in [4.69, 9.17) is 10.5 Å². The number of halogens is 6. The van der Waals surface area contributed by atoms with E-state index in [1.165, 1.54) is 23.2 Å². The molecule has 1 aromatic heterocycles. The second-order valence-electron chi connectivity index (χ2n) is 10.5. The van der Waals surface area contributed by atoms with Crippen molar-refractivity contribution in [3.63, 3.8) is 0 Å². The number of aromatic nitrogens is 1. The predicted molar refractivity (Wildman–Crippen MR) is 133 cm³/mol. The molecule has 2 N–H and O–H groups in total. The minimum atomic E-state index is -5.57. The van der Waals surface area contributed by atoms with Gasteiger partial charge in [0.1, 0.15) is 17.1 Å². The van der Waals surface area contributed by atoms with Crippen LogP contribution in [-0.4, -0.2) is 77.0 Å². The Labute approximate surface area is 227 Å². The number of rotatable bonds is 8. The van der Waals surface area contributed by atoms with Gasteiger partial charge in [0, 0.05) is 12.1 Å². The Hall–Kier alpha value is -3.35. The largest absolute Gasteiger partial charge is 0.492 e. The van der Waals surface area contributed by atoms with Crippen molar-refractivity contribution in [1.82, 2.24) is 14.8 Å². The van der Waals surface area contributed by atoms with Gasteiger partial charge in [-0.2, -0.15) is 22.0 Å². The highest BCUT2D eigenvalue weighted by Gasteiger charge is 2.58. The standard InChI is InChI=1S/C27H30F6N4O3/c1-25(24(34)39)9-2-10-37(25)23(38)20-5-3-18(13-21(20)28)22-6-4-19(14-35-22)40-15-17-7-11-36(12-8-17)16-26(29,30)27(31,32)33/h3-6,13-14,17H,2,7-12,15-16H2,1H3,(H2,34,39). The molecule has 3 heterocycles. The van der Waals surface area contributed by atoms with E-state index in [0.29, 0.717) is 49.2 Å². The van der Waals surface area contributed by atoms with Gasteiger partial charge in [-0.25, -0.2) is 4.39 Å². The van der Waals surface area contributed by atoms with Crippen molar-refractivity contribution < 1.29 is 40.7 Å². The number of carbonyl (C=O) groups excluding carboxylic acids is 2. The summed E-state index contributed by atoms with van der Waals surface area (Å²) in [5, 5.41) is 0. The summed E-state index contributed by atoms with van der Waals surface area (Å²) in [6, 6.07) is 7.31. The molecule has 1 aromatic carbocycles. The maximum atomic E-state index is 15.0. The molecule has 0 radical (unpaired) electrons. The fourth-order valence-corrected chi connectivity index (χ4v) is 5.07. The van der Waals surface area contributed by atoms with Gasteiger partial charge in [0.15, 0.2) is 0 Å². The zero-order chi connectivity index (χ0) is 29.3. The fraction of sp³-hybridized carbons (Fsp3) is 0.519. The maximum absolute atomic E-state index is 15.0. The molecule has 2 aromatic rings. The van der Waals surface area contributed by atoms with E-state index in [2.05, 4.69) is 4.98 Å². The molecule has 1 atom stereocenters. The van der Waals surface area contributed by atoms with Gasteiger partial charge in [0.25, 0.3) is 5.91 Å². The lowest BCUT2D eigenvalue weighted by Gasteiger charge is -2.34. The molecule has 0 bridgehead atoms. The summed E-state index contributed by atoms with van der Waals surface area (Å²) in [6.07, 6.45) is -2.30. The minimum absolute atomic E-state index is 0.0124. The predicted octanol–water partition coefficient (Wildman–Crippen LogP) is 4.66. The number of hydrogen-bond acceptors (Lipinski definition) is 5. The molecule has 2 fully saturated rings. The number of nitrogens with two attached hydrogens (primary N) is 1. The summed E-state index contributed by atoms with van der Waals surface area (Å²) < 4.78 is 84.6. The molecule has 7 nitrogen and oxygen atoms in total. The van der Waals surface area contributed by atoms with E-state index in [1.807, 2.05) is 0 Å². The van der Waals surface area contributed by atoms with Crippen molar-refractivity contribution in [3.8, 4) is 17.0 Å². The van der Waals surface area contributed by atoms with Crippen LogP contribution in [0.2, 0.25) is 0 Å². The van der Waals surface area contributed by atoms with Crippen molar-refractivity contribution >= 4 is 11.8 Å². The third-order valence-corrected chi connectivity index (χ3v) is 7.68. The van der Waals surface area contributed by atoms with Crippen molar-refractivity contribution in [2.75, 3.05) is 32.8 Å². The number of pyridine rings is 1. The van der Waals surface area contributed by atoms with Gasteiger partial charge in [0.05, 0.1) is 30.6 Å². The van der Waals surface area contributed by atoms with Crippen LogP contribution in [0.15, 0.2) is 36.5 Å². The average Bonchev–Trinajstić information content (AvgIpc) is 3.30. The number of carbonyl (C=O) groups is 2. The van der Waals surface area contributed by atoms with Crippen LogP contribution in [-0.2, 0) is 4.79 Å². The molecule has 218 valence electrons. The lowest BCUT2D eigenvalue weighted by molar-refractivity contribution is -0.287. The summed E-state index contributed by atoms with van der Waals surface area (Å²) in [7, 11) is 0. The second kappa shape index (κ2) is 11.3. The monoisotopic (exact) mass is 572 g/mol. The van der Waals surface area contributed by atoms with E-state index in [0.717, 1.165) is 4.90 Å². The van der Waals surface area contributed by atoms with Crippen LogP contribution in [0, 0.1) is 11.7 Å². The lowest BCUT2D eigenvalue weighted by Crippen LogP contribution is -2.54. The summed E-state index contributed by atoms with van der Waals surface area (Å²) in [6.45, 7) is 0.992.